The summed E-state index contributed by atoms with van der Waals surface area (Å²) in [4.78, 5) is 30.3. The first-order chi connectivity index (χ1) is 57.2. The third-order valence-electron chi connectivity index (χ3n) is 19.4. The van der Waals surface area contributed by atoms with Crippen LogP contribution in [0.15, 0.2) is 43.8 Å². The van der Waals surface area contributed by atoms with Gasteiger partial charge in [-0.05, 0) is 140 Å². The zero-order valence-corrected chi connectivity index (χ0v) is 94.2. The number of aromatic nitrogens is 29. The summed E-state index contributed by atoms with van der Waals surface area (Å²) in [6, 6.07) is 0. The lowest BCUT2D eigenvalue weighted by Gasteiger charge is -2.27. The van der Waals surface area contributed by atoms with E-state index in [0.29, 0.717) is 0 Å². The van der Waals surface area contributed by atoms with Crippen LogP contribution in [0.2, 0.25) is 0 Å². The van der Waals surface area contributed by atoms with Crippen molar-refractivity contribution in [2.24, 2.45) is 0 Å². The largest absolute Gasteiger partial charge is 0.348 e. The van der Waals surface area contributed by atoms with Crippen molar-refractivity contribution in [3.8, 4) is 0 Å². The highest BCUT2D eigenvalue weighted by Gasteiger charge is 2.35. The summed E-state index contributed by atoms with van der Waals surface area (Å²) < 4.78 is 9.94. The Balaban J connectivity index is 0.000000722. The molecule has 0 spiro atoms. The van der Waals surface area contributed by atoms with Crippen molar-refractivity contribution in [2.45, 2.75) is 524 Å². The second-order valence-corrected chi connectivity index (χ2v) is 54.9. The van der Waals surface area contributed by atoms with Crippen LogP contribution < -0.4 is 0 Å². The predicted molar refractivity (Wildman–Crippen MR) is 540 cm³/mol. The molecule has 0 saturated heterocycles. The summed E-state index contributed by atoms with van der Waals surface area (Å²) in [5.74, 6) is 5.68. The molecule has 0 aromatic carbocycles. The molecule has 0 atom stereocenters. The molecule has 10 rings (SSSR count). The molecule has 10 aromatic heterocycles. The molecule has 0 unspecified atom stereocenters. The molecule has 10 aromatic rings. The first kappa shape index (κ1) is 119. The van der Waals surface area contributed by atoms with Gasteiger partial charge in [-0.15, -0.1) is 25.5 Å². The van der Waals surface area contributed by atoms with E-state index < -0.39 is 0 Å². The molecule has 740 valence electrons. The van der Waals surface area contributed by atoms with E-state index in [1.165, 1.54) is 22.8 Å². The Bertz CT molecular complexity index is 3920. The van der Waals surface area contributed by atoms with Crippen LogP contribution in [0, 0.1) is 0 Å². The molecule has 0 fully saturated rings. The molecule has 130 heavy (non-hydrogen) atoms. The number of aromatic amines is 4. The highest BCUT2D eigenvalue weighted by Crippen LogP contribution is 2.35. The Morgan fingerprint density at radius 3 is 1.03 bits per heavy atom. The maximum absolute atomic E-state index is 4.49. The number of H-pyrrole nitrogens is 4. The third-order valence-corrected chi connectivity index (χ3v) is 19.4. The lowest BCUT2D eigenvalue weighted by Crippen LogP contribution is -2.30. The minimum atomic E-state index is -0.0868. The maximum atomic E-state index is 4.49. The van der Waals surface area contributed by atoms with Crippen LogP contribution in [0.25, 0.3) is 0 Å². The lowest BCUT2D eigenvalue weighted by atomic mass is 9.82. The molecule has 0 aliphatic heterocycles. The van der Waals surface area contributed by atoms with Crippen molar-refractivity contribution < 1.29 is 0 Å². The van der Waals surface area contributed by atoms with Crippen LogP contribution in [0.3, 0.4) is 0 Å². The van der Waals surface area contributed by atoms with E-state index >= 15 is 0 Å². The number of hydrogen-bond acceptors (Lipinski definition) is 19. The Labute approximate surface area is 789 Å². The van der Waals surface area contributed by atoms with Gasteiger partial charge < -0.3 is 14.5 Å². The standard InChI is InChI=1S/3C11H20N2.5C10H19N3.2C9H18N4/c1-10(2,3)8-9(11(4,5)6)13-7-12-8;1-10(2,3)9-7-13(8-12-9)11(4,5)6;1-10(2,3)8-7-12-9(13-8)11(4,5)6;1-9(2,3)8-11-7-12-13(8)10(4,5)6;1-9(2,3)7-11-8(13-12-7)10(4,5)6;1-9(2,3)8-7-13(12-11-8)10(4,5)6;1-9(2,3)8-7-11-12-13(8)10(4,5)6;1-9(2,3)7-8(10(4,5)6)12-13-11-7;1-8(2,3)7-10-11-12-13(7)9(4,5)6;1-8(2,3)7-10-12-13(11-7)9(4,5)6/h7H,1-6H3,(H,12,13);7-8H,1-6H3;7H,1-6H3,(H,12,13);7H,1-6H3;1-6H3,(H,11,12,13);2*7H,1-6H3;1-6H3,(H,11,12,13);2*1-6H3. The Morgan fingerprint density at radius 1 is 0.308 bits per heavy atom. The second kappa shape index (κ2) is 42.4. The SMILES string of the molecule is CC(C)(C)c1cn(C(C)(C)C)cn1.CC(C)(C)c1cn(C(C)(C)C)nn1.CC(C)(C)c1cnc(C(C)(C)C)[nH]1.CC(C)(C)c1cnnn1C(C)(C)C.CC(C)(C)c1n[nH]c(C(C)(C)C)n1.CC(C)(C)c1n[nH]nc1C(C)(C)C.CC(C)(C)c1nc[nH]c1C(C)(C)C.CC(C)(C)c1ncnn1C(C)(C)C.CC(C)(C)c1nnn(C(C)(C)C)n1.CC(C)(C)c1nnnn1C(C)(C)C. The molecule has 0 bridgehead atoms. The second-order valence-electron chi connectivity index (χ2n) is 54.9. The van der Waals surface area contributed by atoms with Gasteiger partial charge in [0.15, 0.2) is 17.5 Å². The molecule has 0 saturated carbocycles. The van der Waals surface area contributed by atoms with E-state index in [-0.39, 0.29) is 109 Å². The van der Waals surface area contributed by atoms with Crippen LogP contribution in [0.4, 0.5) is 0 Å². The van der Waals surface area contributed by atoms with Crippen molar-refractivity contribution in [1.29, 1.82) is 0 Å². The van der Waals surface area contributed by atoms with Gasteiger partial charge in [-0.3, -0.25) is 5.10 Å². The van der Waals surface area contributed by atoms with Crippen LogP contribution in [0.1, 0.15) is 496 Å². The molecule has 29 nitrogen and oxygen atoms in total. The molecular weight excluding hydrogens is 1620 g/mol. The average Bonchev–Trinajstić information content (AvgIpc) is 1.64. The Kier molecular flexibility index (Phi) is 38.9. The third kappa shape index (κ3) is 39.3. The monoisotopic (exact) mass is 1810 g/mol. The predicted octanol–water partition coefficient (Wildman–Crippen LogP) is 24.2. The summed E-state index contributed by atoms with van der Waals surface area (Å²) >= 11 is 0. The topological polar surface area (TPSA) is 338 Å². The normalized spacial score (nSPS) is 13.4. The first-order valence-electron chi connectivity index (χ1n) is 46.6. The molecule has 0 aliphatic rings. The molecule has 0 radical (unpaired) electrons. The maximum Gasteiger partial charge on any atom is 0.180 e. The zero-order chi connectivity index (χ0) is 103. The summed E-state index contributed by atoms with van der Waals surface area (Å²) in [5.41, 5.74) is 10.3. The fraction of sp³-hybridized carbons (Fsp3) is 0.792. The Morgan fingerprint density at radius 2 is 0.769 bits per heavy atom. The van der Waals surface area contributed by atoms with Gasteiger partial charge in [0, 0.05) is 111 Å². The first-order valence-corrected chi connectivity index (χ1v) is 46.6. The van der Waals surface area contributed by atoms with Gasteiger partial charge >= 0.3 is 0 Å². The fourth-order valence-electron chi connectivity index (χ4n) is 11.1. The molecule has 29 heteroatoms. The van der Waals surface area contributed by atoms with Gasteiger partial charge in [0.2, 0.25) is 0 Å². The highest BCUT2D eigenvalue weighted by atomic mass is 15.6. The molecule has 10 heterocycles. The quantitative estimate of drug-likeness (QED) is 0.110. The van der Waals surface area contributed by atoms with Crippen molar-refractivity contribution in [1.82, 2.24) is 145 Å². The van der Waals surface area contributed by atoms with E-state index in [2.05, 4.69) is 543 Å². The van der Waals surface area contributed by atoms with Gasteiger partial charge in [0.1, 0.15) is 23.8 Å². The van der Waals surface area contributed by atoms with Gasteiger partial charge in [0.25, 0.3) is 0 Å². The summed E-state index contributed by atoms with van der Waals surface area (Å²) in [6.07, 6.45) is 13.3. The fourth-order valence-corrected chi connectivity index (χ4v) is 11.1. The molecular formula is C101H191N29. The van der Waals surface area contributed by atoms with E-state index in [9.17, 15) is 0 Å². The van der Waals surface area contributed by atoms with E-state index in [4.69, 9.17) is 0 Å². The number of hydrogen-bond donors (Lipinski definition) is 4. The van der Waals surface area contributed by atoms with Gasteiger partial charge in [-0.1, -0.05) is 301 Å². The van der Waals surface area contributed by atoms with Crippen LogP contribution >= 0.6 is 0 Å². The average molecular weight is 1810 g/mol. The molecule has 0 aliphatic carbocycles. The van der Waals surface area contributed by atoms with Crippen molar-refractivity contribution in [2.75, 3.05) is 0 Å². The number of nitrogens with one attached hydrogen (secondary N) is 4. The van der Waals surface area contributed by atoms with E-state index in [0.717, 1.165) is 57.7 Å². The van der Waals surface area contributed by atoms with Crippen LogP contribution in [-0.2, 0) is 109 Å². The summed E-state index contributed by atoms with van der Waals surface area (Å²) in [6.45, 7) is 129. The number of rotatable bonds is 0. The minimum absolute atomic E-state index is 0.00319. The number of tetrazole rings is 2. The smallest absolute Gasteiger partial charge is 0.180 e. The zero-order valence-electron chi connectivity index (χ0n) is 94.2. The van der Waals surface area contributed by atoms with Crippen LogP contribution in [0.5, 0.6) is 0 Å². The van der Waals surface area contributed by atoms with E-state index in [1.54, 1.807) is 17.5 Å². The van der Waals surface area contributed by atoms with Crippen molar-refractivity contribution in [3.63, 3.8) is 0 Å². The molecule has 4 N–H and O–H groups in total. The van der Waals surface area contributed by atoms with Crippen molar-refractivity contribution in [3.05, 3.63) is 124 Å². The number of nitrogens with zero attached hydrogens (tertiary/aromatic N) is 25. The Hall–Kier alpha value is -8.53. The van der Waals surface area contributed by atoms with E-state index in [1.807, 2.05) is 43.6 Å². The molecule has 0 amide bonds. The van der Waals surface area contributed by atoms with Crippen molar-refractivity contribution >= 4 is 0 Å². The highest BCUT2D eigenvalue weighted by molar-refractivity contribution is 5.27. The summed E-state index contributed by atoms with van der Waals surface area (Å²) in [7, 11) is 0. The van der Waals surface area contributed by atoms with Crippen LogP contribution in [-0.4, -0.2) is 145 Å². The van der Waals surface area contributed by atoms with Gasteiger partial charge in [-0.2, -0.15) is 30.4 Å². The minimum Gasteiger partial charge on any atom is -0.348 e. The van der Waals surface area contributed by atoms with Gasteiger partial charge in [-0.25, -0.2) is 43.6 Å². The van der Waals surface area contributed by atoms with Gasteiger partial charge in [0.05, 0.1) is 80.7 Å². The number of imidazole rings is 3. The lowest BCUT2D eigenvalue weighted by molar-refractivity contribution is 0.303. The summed E-state index contributed by atoms with van der Waals surface area (Å²) in [5, 5.41) is 63.2.